The fraction of sp³-hybridized carbons (Fsp3) is 0.455. The standard InChI is InChI=1S/C33H42/c1-22(2)29-21-30(23(3)4)33(31(24(5)6)32(29)26-17-11-8-12-18-26)28-20-14-13-19-27(28)25-15-9-7-10-16-25/h8,11-14,17-25H,7,9-10,15-16H2,1-6H3. The highest BCUT2D eigenvalue weighted by molar-refractivity contribution is 5.86. The molecule has 3 aromatic carbocycles. The van der Waals surface area contributed by atoms with Crippen LogP contribution in [0.4, 0.5) is 0 Å². The third-order valence-electron chi connectivity index (χ3n) is 7.59. The van der Waals surface area contributed by atoms with Gasteiger partial charge in [0.1, 0.15) is 0 Å². The van der Waals surface area contributed by atoms with Crippen molar-refractivity contribution in [3.63, 3.8) is 0 Å². The molecule has 0 radical (unpaired) electrons. The van der Waals surface area contributed by atoms with E-state index in [-0.39, 0.29) is 0 Å². The predicted octanol–water partition coefficient (Wildman–Crippen LogP) is 10.4. The van der Waals surface area contributed by atoms with Crippen molar-refractivity contribution in [2.75, 3.05) is 0 Å². The zero-order chi connectivity index (χ0) is 23.5. The minimum absolute atomic E-state index is 0.450. The van der Waals surface area contributed by atoms with Crippen LogP contribution in [0, 0.1) is 0 Å². The molecule has 0 heteroatoms. The lowest BCUT2D eigenvalue weighted by atomic mass is 9.73. The Balaban J connectivity index is 2.09. The van der Waals surface area contributed by atoms with Crippen molar-refractivity contribution in [2.45, 2.75) is 97.3 Å². The van der Waals surface area contributed by atoms with Gasteiger partial charge in [-0.1, -0.05) is 121 Å². The van der Waals surface area contributed by atoms with Gasteiger partial charge in [-0.25, -0.2) is 0 Å². The Kier molecular flexibility index (Phi) is 7.42. The van der Waals surface area contributed by atoms with Crippen LogP contribution in [0.25, 0.3) is 22.3 Å². The molecule has 1 aliphatic carbocycles. The molecule has 0 nitrogen and oxygen atoms in total. The smallest absolute Gasteiger partial charge is 0.0105 e. The summed E-state index contributed by atoms with van der Waals surface area (Å²) in [5, 5.41) is 0. The Morgan fingerprint density at radius 3 is 1.79 bits per heavy atom. The molecule has 33 heavy (non-hydrogen) atoms. The van der Waals surface area contributed by atoms with Crippen LogP contribution < -0.4 is 0 Å². The molecule has 4 rings (SSSR count). The van der Waals surface area contributed by atoms with Crippen LogP contribution in [0.2, 0.25) is 0 Å². The molecule has 0 aromatic heterocycles. The zero-order valence-corrected chi connectivity index (χ0v) is 21.6. The molecule has 0 bridgehead atoms. The summed E-state index contributed by atoms with van der Waals surface area (Å²) in [4.78, 5) is 0. The Hall–Kier alpha value is -2.34. The third kappa shape index (κ3) is 4.81. The van der Waals surface area contributed by atoms with Crippen LogP contribution in [-0.2, 0) is 0 Å². The second kappa shape index (κ2) is 10.3. The summed E-state index contributed by atoms with van der Waals surface area (Å²) in [7, 11) is 0. The van der Waals surface area contributed by atoms with Crippen molar-refractivity contribution in [2.24, 2.45) is 0 Å². The first-order valence-corrected chi connectivity index (χ1v) is 13.3. The molecule has 0 atom stereocenters. The average Bonchev–Trinajstić information content (AvgIpc) is 2.83. The van der Waals surface area contributed by atoms with Crippen LogP contribution in [-0.4, -0.2) is 0 Å². The molecule has 0 aliphatic heterocycles. The van der Waals surface area contributed by atoms with Crippen LogP contribution in [0.3, 0.4) is 0 Å². The van der Waals surface area contributed by atoms with E-state index in [1.54, 1.807) is 11.1 Å². The molecule has 1 aliphatic rings. The van der Waals surface area contributed by atoms with Crippen molar-refractivity contribution in [3.8, 4) is 22.3 Å². The fourth-order valence-corrected chi connectivity index (χ4v) is 5.96. The first-order valence-electron chi connectivity index (χ1n) is 13.3. The minimum atomic E-state index is 0.450. The third-order valence-corrected chi connectivity index (χ3v) is 7.59. The minimum Gasteiger partial charge on any atom is -0.0622 e. The summed E-state index contributed by atoms with van der Waals surface area (Å²) in [6.07, 6.45) is 6.80. The van der Waals surface area contributed by atoms with Gasteiger partial charge >= 0.3 is 0 Å². The molecule has 1 saturated carbocycles. The van der Waals surface area contributed by atoms with Gasteiger partial charge in [0.05, 0.1) is 0 Å². The van der Waals surface area contributed by atoms with Crippen LogP contribution >= 0.6 is 0 Å². The van der Waals surface area contributed by atoms with Gasteiger partial charge in [0, 0.05) is 0 Å². The second-order valence-corrected chi connectivity index (χ2v) is 11.0. The van der Waals surface area contributed by atoms with E-state index in [4.69, 9.17) is 0 Å². The summed E-state index contributed by atoms with van der Waals surface area (Å²) in [6.45, 7) is 14.2. The summed E-state index contributed by atoms with van der Waals surface area (Å²) in [5.74, 6) is 2.11. The molecule has 174 valence electrons. The van der Waals surface area contributed by atoms with E-state index < -0.39 is 0 Å². The molecule has 0 saturated heterocycles. The highest BCUT2D eigenvalue weighted by Crippen LogP contribution is 2.48. The van der Waals surface area contributed by atoms with E-state index >= 15 is 0 Å². The number of benzene rings is 3. The molecule has 0 N–H and O–H groups in total. The molecular formula is C33H42. The van der Waals surface area contributed by atoms with Crippen molar-refractivity contribution < 1.29 is 0 Å². The molecular weight excluding hydrogens is 396 g/mol. The predicted molar refractivity (Wildman–Crippen MR) is 145 cm³/mol. The van der Waals surface area contributed by atoms with E-state index in [1.165, 1.54) is 65.5 Å². The summed E-state index contributed by atoms with van der Waals surface area (Å²) < 4.78 is 0. The van der Waals surface area contributed by atoms with Crippen molar-refractivity contribution in [1.82, 2.24) is 0 Å². The highest BCUT2D eigenvalue weighted by atomic mass is 14.3. The summed E-state index contributed by atoms with van der Waals surface area (Å²) >= 11 is 0. The van der Waals surface area contributed by atoms with E-state index in [0.29, 0.717) is 23.7 Å². The topological polar surface area (TPSA) is 0 Å². The number of rotatable bonds is 6. The monoisotopic (exact) mass is 438 g/mol. The quantitative estimate of drug-likeness (QED) is 0.359. The first kappa shape index (κ1) is 23.8. The summed E-state index contributed by atoms with van der Waals surface area (Å²) in [6, 6.07) is 23.0. The normalized spacial score (nSPS) is 15.1. The van der Waals surface area contributed by atoms with Gasteiger partial charge in [-0.05, 0) is 81.0 Å². The van der Waals surface area contributed by atoms with E-state index in [2.05, 4.69) is 102 Å². The van der Waals surface area contributed by atoms with Crippen LogP contribution in [0.1, 0.15) is 120 Å². The van der Waals surface area contributed by atoms with Gasteiger partial charge in [0.25, 0.3) is 0 Å². The highest BCUT2D eigenvalue weighted by Gasteiger charge is 2.27. The Bertz CT molecular complexity index is 1060. The van der Waals surface area contributed by atoms with Gasteiger partial charge in [0.2, 0.25) is 0 Å². The number of hydrogen-bond acceptors (Lipinski definition) is 0. The molecule has 0 unspecified atom stereocenters. The van der Waals surface area contributed by atoms with Gasteiger partial charge in [0.15, 0.2) is 0 Å². The molecule has 0 amide bonds. The van der Waals surface area contributed by atoms with Crippen LogP contribution in [0.15, 0.2) is 60.7 Å². The second-order valence-electron chi connectivity index (χ2n) is 11.0. The van der Waals surface area contributed by atoms with Crippen LogP contribution in [0.5, 0.6) is 0 Å². The Morgan fingerprint density at radius 1 is 0.606 bits per heavy atom. The van der Waals surface area contributed by atoms with Crippen molar-refractivity contribution in [3.05, 3.63) is 82.9 Å². The van der Waals surface area contributed by atoms with Gasteiger partial charge in [-0.3, -0.25) is 0 Å². The van der Waals surface area contributed by atoms with Gasteiger partial charge in [-0.15, -0.1) is 0 Å². The lowest BCUT2D eigenvalue weighted by Crippen LogP contribution is -2.11. The van der Waals surface area contributed by atoms with Gasteiger partial charge < -0.3 is 0 Å². The molecule has 0 heterocycles. The molecule has 0 spiro atoms. The zero-order valence-electron chi connectivity index (χ0n) is 21.6. The fourth-order valence-electron chi connectivity index (χ4n) is 5.96. The number of hydrogen-bond donors (Lipinski definition) is 0. The van der Waals surface area contributed by atoms with Crippen molar-refractivity contribution >= 4 is 0 Å². The maximum absolute atomic E-state index is 2.55. The van der Waals surface area contributed by atoms with E-state index in [1.807, 2.05) is 0 Å². The Labute approximate surface area is 202 Å². The lowest BCUT2D eigenvalue weighted by Gasteiger charge is -2.31. The first-order chi connectivity index (χ1) is 15.9. The average molecular weight is 439 g/mol. The molecule has 1 fully saturated rings. The van der Waals surface area contributed by atoms with E-state index in [9.17, 15) is 0 Å². The Morgan fingerprint density at radius 2 is 1.18 bits per heavy atom. The largest absolute Gasteiger partial charge is 0.0622 e. The van der Waals surface area contributed by atoms with Gasteiger partial charge in [-0.2, -0.15) is 0 Å². The molecule has 3 aromatic rings. The van der Waals surface area contributed by atoms with E-state index in [0.717, 1.165) is 0 Å². The van der Waals surface area contributed by atoms with Crippen molar-refractivity contribution in [1.29, 1.82) is 0 Å². The maximum Gasteiger partial charge on any atom is -0.0105 e. The SMILES string of the molecule is CC(C)c1cc(C(C)C)c(-c2ccccc2C2CCCCC2)c(C(C)C)c1-c1ccccc1. The maximum atomic E-state index is 2.55. The summed E-state index contributed by atoms with van der Waals surface area (Å²) in [5.41, 5.74) is 12.0. The lowest BCUT2D eigenvalue weighted by molar-refractivity contribution is 0.444.